The van der Waals surface area contributed by atoms with E-state index in [0.29, 0.717) is 5.56 Å². The summed E-state index contributed by atoms with van der Waals surface area (Å²) in [6.07, 6.45) is -1.08. The van der Waals surface area contributed by atoms with Gasteiger partial charge in [-0.25, -0.2) is 14.0 Å². The van der Waals surface area contributed by atoms with Crippen molar-refractivity contribution < 1.29 is 23.5 Å². The predicted molar refractivity (Wildman–Crippen MR) is 92.8 cm³/mol. The van der Waals surface area contributed by atoms with E-state index >= 15 is 0 Å². The zero-order valence-electron chi connectivity index (χ0n) is 15.5. The summed E-state index contributed by atoms with van der Waals surface area (Å²) in [6.45, 7) is 9.41. The van der Waals surface area contributed by atoms with E-state index in [1.165, 1.54) is 17.0 Å². The first kappa shape index (κ1) is 20.7. The van der Waals surface area contributed by atoms with Gasteiger partial charge < -0.3 is 14.8 Å². The molecule has 0 aromatic heterocycles. The average Bonchev–Trinajstić information content (AvgIpc) is 2.49. The summed E-state index contributed by atoms with van der Waals surface area (Å²) in [6, 6.07) is 5.63. The fourth-order valence-electron chi connectivity index (χ4n) is 2.19. The molecule has 0 fully saturated rings. The number of hydrogen-bond donors (Lipinski definition) is 1. The van der Waals surface area contributed by atoms with Crippen LogP contribution in [0.5, 0.6) is 0 Å². The summed E-state index contributed by atoms with van der Waals surface area (Å²) in [4.78, 5) is 25.4. The van der Waals surface area contributed by atoms with Crippen molar-refractivity contribution >= 4 is 12.2 Å². The number of ether oxygens (including phenoxy) is 2. The monoisotopic (exact) mass is 354 g/mol. The Morgan fingerprint density at radius 1 is 1.32 bits per heavy atom. The van der Waals surface area contributed by atoms with Gasteiger partial charge in [0.1, 0.15) is 11.4 Å². The number of rotatable bonds is 6. The van der Waals surface area contributed by atoms with E-state index < -0.39 is 23.8 Å². The number of nitrogens with zero attached hydrogens (tertiary/aromatic N) is 1. The van der Waals surface area contributed by atoms with Crippen LogP contribution in [-0.2, 0) is 9.47 Å². The topological polar surface area (TPSA) is 67.9 Å². The molecule has 0 saturated carbocycles. The fourth-order valence-corrected chi connectivity index (χ4v) is 2.19. The molecule has 2 amide bonds. The fraction of sp³-hybridized carbons (Fsp3) is 0.556. The second-order valence-electron chi connectivity index (χ2n) is 6.55. The SMILES string of the molecule is CCOC(=O)N(CCNC(=O)OC(C)(C)C)[C@@H](C)c1cccc(F)c1. The van der Waals surface area contributed by atoms with Crippen molar-refractivity contribution in [1.82, 2.24) is 10.2 Å². The molecule has 140 valence electrons. The lowest BCUT2D eigenvalue weighted by molar-refractivity contribution is 0.0510. The van der Waals surface area contributed by atoms with E-state index in [-0.39, 0.29) is 25.5 Å². The second-order valence-corrected chi connectivity index (χ2v) is 6.55. The van der Waals surface area contributed by atoms with Crippen LogP contribution in [0.4, 0.5) is 14.0 Å². The summed E-state index contributed by atoms with van der Waals surface area (Å²) < 4.78 is 23.7. The molecule has 0 aliphatic rings. The molecule has 0 unspecified atom stereocenters. The van der Waals surface area contributed by atoms with Crippen LogP contribution in [0.2, 0.25) is 0 Å². The number of hydrogen-bond acceptors (Lipinski definition) is 4. The molecule has 0 bridgehead atoms. The highest BCUT2D eigenvalue weighted by atomic mass is 19.1. The van der Waals surface area contributed by atoms with Crippen molar-refractivity contribution in [1.29, 1.82) is 0 Å². The maximum absolute atomic E-state index is 13.4. The second kappa shape index (κ2) is 9.25. The van der Waals surface area contributed by atoms with Crippen LogP contribution in [0, 0.1) is 5.82 Å². The van der Waals surface area contributed by atoms with E-state index in [9.17, 15) is 14.0 Å². The molecule has 0 saturated heterocycles. The van der Waals surface area contributed by atoms with Gasteiger partial charge in [0, 0.05) is 13.1 Å². The summed E-state index contributed by atoms with van der Waals surface area (Å²) in [5, 5.41) is 2.60. The minimum atomic E-state index is -0.597. The third-order valence-corrected chi connectivity index (χ3v) is 3.32. The normalized spacial score (nSPS) is 12.2. The Labute approximate surface area is 148 Å². The number of benzene rings is 1. The molecule has 0 radical (unpaired) electrons. The Kier molecular flexibility index (Phi) is 7.67. The quantitative estimate of drug-likeness (QED) is 0.842. The predicted octanol–water partition coefficient (Wildman–Crippen LogP) is 3.87. The molecule has 7 heteroatoms. The third-order valence-electron chi connectivity index (χ3n) is 3.32. The van der Waals surface area contributed by atoms with Crippen molar-refractivity contribution in [2.45, 2.75) is 46.3 Å². The van der Waals surface area contributed by atoms with Crippen LogP contribution >= 0.6 is 0 Å². The summed E-state index contributed by atoms with van der Waals surface area (Å²) in [5.41, 5.74) is 0.0464. The van der Waals surface area contributed by atoms with Gasteiger partial charge in [0.15, 0.2) is 0 Å². The third kappa shape index (κ3) is 7.41. The van der Waals surface area contributed by atoms with Crippen molar-refractivity contribution in [3.63, 3.8) is 0 Å². The first-order valence-corrected chi connectivity index (χ1v) is 8.29. The number of carbonyl (C=O) groups excluding carboxylic acids is 2. The average molecular weight is 354 g/mol. The van der Waals surface area contributed by atoms with E-state index in [1.54, 1.807) is 46.8 Å². The van der Waals surface area contributed by atoms with Crippen LogP contribution in [-0.4, -0.2) is 42.4 Å². The van der Waals surface area contributed by atoms with E-state index in [4.69, 9.17) is 9.47 Å². The minimum absolute atomic E-state index is 0.188. The van der Waals surface area contributed by atoms with Crippen molar-refractivity contribution in [2.75, 3.05) is 19.7 Å². The summed E-state index contributed by atoms with van der Waals surface area (Å²) >= 11 is 0. The zero-order valence-corrected chi connectivity index (χ0v) is 15.5. The van der Waals surface area contributed by atoms with Crippen molar-refractivity contribution in [3.05, 3.63) is 35.6 Å². The largest absolute Gasteiger partial charge is 0.450 e. The summed E-state index contributed by atoms with van der Waals surface area (Å²) in [5.74, 6) is -0.375. The minimum Gasteiger partial charge on any atom is -0.450 e. The number of amides is 2. The van der Waals surface area contributed by atoms with Crippen molar-refractivity contribution in [3.8, 4) is 0 Å². The standard InChI is InChI=1S/C18H27FN2O4/c1-6-24-17(23)21(11-10-20-16(22)25-18(3,4)5)13(2)14-8-7-9-15(19)12-14/h7-9,12-13H,6,10-11H2,1-5H3,(H,20,22)/t13-/m0/s1. The Bertz CT molecular complexity index is 587. The van der Waals surface area contributed by atoms with Gasteiger partial charge >= 0.3 is 12.2 Å². The highest BCUT2D eigenvalue weighted by Gasteiger charge is 2.23. The van der Waals surface area contributed by atoms with Gasteiger partial charge in [-0.15, -0.1) is 0 Å². The Morgan fingerprint density at radius 3 is 2.56 bits per heavy atom. The van der Waals surface area contributed by atoms with Gasteiger partial charge in [-0.2, -0.15) is 0 Å². The molecule has 1 aromatic carbocycles. The summed E-state index contributed by atoms with van der Waals surface area (Å²) in [7, 11) is 0. The maximum atomic E-state index is 13.4. The molecule has 1 N–H and O–H groups in total. The maximum Gasteiger partial charge on any atom is 0.410 e. The van der Waals surface area contributed by atoms with E-state index in [1.807, 2.05) is 0 Å². The molecule has 1 aromatic rings. The molecular weight excluding hydrogens is 327 g/mol. The Balaban J connectivity index is 2.74. The highest BCUT2D eigenvalue weighted by Crippen LogP contribution is 2.21. The van der Waals surface area contributed by atoms with Crippen molar-refractivity contribution in [2.24, 2.45) is 0 Å². The highest BCUT2D eigenvalue weighted by molar-refractivity contribution is 5.69. The molecule has 0 heterocycles. The zero-order chi connectivity index (χ0) is 19.0. The van der Waals surface area contributed by atoms with Crippen LogP contribution in [0.25, 0.3) is 0 Å². The Hall–Kier alpha value is -2.31. The van der Waals surface area contributed by atoms with E-state index in [0.717, 1.165) is 0 Å². The Morgan fingerprint density at radius 2 is 2.00 bits per heavy atom. The number of nitrogens with one attached hydrogen (secondary N) is 1. The van der Waals surface area contributed by atoms with Gasteiger partial charge in [-0.1, -0.05) is 12.1 Å². The van der Waals surface area contributed by atoms with Crippen LogP contribution in [0.3, 0.4) is 0 Å². The molecular formula is C18H27FN2O4. The van der Waals surface area contributed by atoms with E-state index in [2.05, 4.69) is 5.32 Å². The van der Waals surface area contributed by atoms with Gasteiger partial charge in [0.25, 0.3) is 0 Å². The van der Waals surface area contributed by atoms with Crippen LogP contribution < -0.4 is 5.32 Å². The molecule has 6 nitrogen and oxygen atoms in total. The number of halogens is 1. The number of alkyl carbamates (subject to hydrolysis) is 1. The molecule has 25 heavy (non-hydrogen) atoms. The smallest absolute Gasteiger partial charge is 0.410 e. The molecule has 1 atom stereocenters. The van der Waals surface area contributed by atoms with Crippen LogP contribution in [0.1, 0.15) is 46.2 Å². The number of carbonyl (C=O) groups is 2. The lowest BCUT2D eigenvalue weighted by Gasteiger charge is -2.29. The van der Waals surface area contributed by atoms with Gasteiger partial charge in [-0.05, 0) is 52.3 Å². The lowest BCUT2D eigenvalue weighted by atomic mass is 10.1. The molecule has 0 aliphatic heterocycles. The first-order valence-electron chi connectivity index (χ1n) is 8.29. The van der Waals surface area contributed by atoms with Gasteiger partial charge in [0.2, 0.25) is 0 Å². The molecule has 1 rings (SSSR count). The van der Waals surface area contributed by atoms with Gasteiger partial charge in [0.05, 0.1) is 12.6 Å². The first-order chi connectivity index (χ1) is 11.6. The lowest BCUT2D eigenvalue weighted by Crippen LogP contribution is -2.41. The van der Waals surface area contributed by atoms with Crippen LogP contribution in [0.15, 0.2) is 24.3 Å². The van der Waals surface area contributed by atoms with Gasteiger partial charge in [-0.3, -0.25) is 4.90 Å². The molecule has 0 spiro atoms. The molecule has 0 aliphatic carbocycles.